The number of imidazole rings is 1. The van der Waals surface area contributed by atoms with Gasteiger partial charge in [-0.25, -0.2) is 4.98 Å². The average molecular weight is 330 g/mol. The molecular weight excluding hydrogens is 314 g/mol. The minimum atomic E-state index is 0.267. The Kier molecular flexibility index (Phi) is 3.59. The second-order valence-corrected chi connectivity index (χ2v) is 5.73. The Labute approximate surface area is 126 Å². The minimum absolute atomic E-state index is 0.267. The van der Waals surface area contributed by atoms with E-state index in [-0.39, 0.29) is 6.04 Å². The molecule has 1 unspecified atom stereocenters. The summed E-state index contributed by atoms with van der Waals surface area (Å²) in [7, 11) is 1.97. The first kappa shape index (κ1) is 13.3. The lowest BCUT2D eigenvalue weighted by Crippen LogP contribution is -2.15. The van der Waals surface area contributed by atoms with E-state index in [9.17, 15) is 0 Å². The summed E-state index contributed by atoms with van der Waals surface area (Å²) >= 11 is 3.55. The Morgan fingerprint density at radius 2 is 2.00 bits per heavy atom. The van der Waals surface area contributed by atoms with E-state index in [0.717, 1.165) is 21.2 Å². The van der Waals surface area contributed by atoms with Crippen LogP contribution in [-0.2, 0) is 0 Å². The van der Waals surface area contributed by atoms with Crippen LogP contribution in [0, 0.1) is 0 Å². The lowest BCUT2D eigenvalue weighted by Gasteiger charge is -2.17. The molecule has 0 aliphatic rings. The molecule has 0 bridgehead atoms. The fraction of sp³-hybridized carbons (Fsp3) is 0.188. The van der Waals surface area contributed by atoms with Gasteiger partial charge in [-0.05, 0) is 49.9 Å². The summed E-state index contributed by atoms with van der Waals surface area (Å²) in [6, 6.07) is 14.8. The highest BCUT2D eigenvalue weighted by molar-refractivity contribution is 9.10. The molecule has 102 valence electrons. The van der Waals surface area contributed by atoms with Gasteiger partial charge in [-0.3, -0.25) is 4.57 Å². The van der Waals surface area contributed by atoms with Crippen LogP contribution in [0.25, 0.3) is 16.7 Å². The quantitative estimate of drug-likeness (QED) is 0.785. The summed E-state index contributed by atoms with van der Waals surface area (Å²) in [6.07, 6.45) is 1.89. The number of para-hydroxylation sites is 2. The smallest absolute Gasteiger partial charge is 0.100 e. The number of hydrogen-bond acceptors (Lipinski definition) is 2. The number of fused-ring (bicyclic) bond motifs is 1. The van der Waals surface area contributed by atoms with Crippen molar-refractivity contribution in [2.24, 2.45) is 0 Å². The van der Waals surface area contributed by atoms with Crippen LogP contribution in [0.1, 0.15) is 18.5 Å². The molecule has 0 amide bonds. The van der Waals surface area contributed by atoms with Crippen molar-refractivity contribution < 1.29 is 0 Å². The van der Waals surface area contributed by atoms with Gasteiger partial charge in [0.1, 0.15) is 6.33 Å². The van der Waals surface area contributed by atoms with Gasteiger partial charge in [0.25, 0.3) is 0 Å². The summed E-state index contributed by atoms with van der Waals surface area (Å²) in [5, 5.41) is 3.30. The predicted molar refractivity (Wildman–Crippen MR) is 86.2 cm³/mol. The Morgan fingerprint density at radius 1 is 1.20 bits per heavy atom. The van der Waals surface area contributed by atoms with Gasteiger partial charge < -0.3 is 5.32 Å². The number of halogens is 1. The maximum Gasteiger partial charge on any atom is 0.100 e. The zero-order valence-corrected chi connectivity index (χ0v) is 13.1. The molecule has 0 aliphatic heterocycles. The van der Waals surface area contributed by atoms with Crippen LogP contribution in [0.5, 0.6) is 0 Å². The molecule has 1 aromatic heterocycles. The minimum Gasteiger partial charge on any atom is -0.313 e. The molecule has 1 heterocycles. The van der Waals surface area contributed by atoms with Crippen molar-refractivity contribution in [2.75, 3.05) is 7.05 Å². The molecule has 1 N–H and O–H groups in total. The number of nitrogens with zero attached hydrogens (tertiary/aromatic N) is 2. The van der Waals surface area contributed by atoms with Crippen molar-refractivity contribution in [1.29, 1.82) is 0 Å². The summed E-state index contributed by atoms with van der Waals surface area (Å²) in [5.74, 6) is 0. The van der Waals surface area contributed by atoms with Gasteiger partial charge in [0, 0.05) is 10.5 Å². The van der Waals surface area contributed by atoms with Gasteiger partial charge >= 0.3 is 0 Å². The number of benzene rings is 2. The summed E-state index contributed by atoms with van der Waals surface area (Å²) < 4.78 is 3.23. The lowest BCUT2D eigenvalue weighted by atomic mass is 10.1. The van der Waals surface area contributed by atoms with E-state index in [2.05, 4.69) is 62.0 Å². The molecule has 0 radical (unpaired) electrons. The van der Waals surface area contributed by atoms with Crippen molar-refractivity contribution >= 4 is 27.0 Å². The summed E-state index contributed by atoms with van der Waals surface area (Å²) in [6.45, 7) is 2.16. The predicted octanol–water partition coefficient (Wildman–Crippen LogP) is 4.07. The Bertz CT molecular complexity index is 748. The summed E-state index contributed by atoms with van der Waals surface area (Å²) in [5.41, 5.74) is 4.53. The molecule has 1 atom stereocenters. The van der Waals surface area contributed by atoms with Crippen molar-refractivity contribution in [1.82, 2.24) is 14.9 Å². The van der Waals surface area contributed by atoms with Crippen LogP contribution in [0.15, 0.2) is 53.3 Å². The zero-order valence-electron chi connectivity index (χ0n) is 11.5. The molecule has 20 heavy (non-hydrogen) atoms. The molecule has 0 saturated carbocycles. The van der Waals surface area contributed by atoms with E-state index in [1.165, 1.54) is 5.56 Å². The van der Waals surface area contributed by atoms with Crippen molar-refractivity contribution in [2.45, 2.75) is 13.0 Å². The normalized spacial score (nSPS) is 12.8. The second-order valence-electron chi connectivity index (χ2n) is 4.82. The third-order valence-electron chi connectivity index (χ3n) is 3.60. The number of aromatic nitrogens is 2. The third kappa shape index (κ3) is 2.25. The van der Waals surface area contributed by atoms with Gasteiger partial charge in [-0.15, -0.1) is 0 Å². The Balaban J connectivity index is 2.23. The van der Waals surface area contributed by atoms with Crippen LogP contribution >= 0.6 is 15.9 Å². The van der Waals surface area contributed by atoms with Crippen LogP contribution < -0.4 is 5.32 Å². The molecule has 3 nitrogen and oxygen atoms in total. The highest BCUT2D eigenvalue weighted by Gasteiger charge is 2.13. The average Bonchev–Trinajstić information content (AvgIpc) is 2.90. The van der Waals surface area contributed by atoms with Crippen LogP contribution in [0.2, 0.25) is 0 Å². The number of hydrogen-bond donors (Lipinski definition) is 1. The van der Waals surface area contributed by atoms with E-state index in [1.807, 2.05) is 31.6 Å². The van der Waals surface area contributed by atoms with Gasteiger partial charge in [0.05, 0.1) is 16.7 Å². The SMILES string of the molecule is CNC(C)c1cc(Br)ccc1-n1cnc2ccccc21. The molecule has 2 aromatic carbocycles. The van der Waals surface area contributed by atoms with Gasteiger partial charge in [-0.2, -0.15) is 0 Å². The molecule has 3 aromatic rings. The number of nitrogens with one attached hydrogen (secondary N) is 1. The van der Waals surface area contributed by atoms with E-state index in [1.54, 1.807) is 0 Å². The monoisotopic (exact) mass is 329 g/mol. The van der Waals surface area contributed by atoms with Crippen molar-refractivity contribution in [3.05, 3.63) is 58.8 Å². The fourth-order valence-electron chi connectivity index (χ4n) is 2.40. The largest absolute Gasteiger partial charge is 0.313 e. The molecule has 3 rings (SSSR count). The maximum absolute atomic E-state index is 4.47. The van der Waals surface area contributed by atoms with Crippen molar-refractivity contribution in [3.8, 4) is 5.69 Å². The fourth-order valence-corrected chi connectivity index (χ4v) is 2.78. The van der Waals surface area contributed by atoms with E-state index >= 15 is 0 Å². The zero-order chi connectivity index (χ0) is 14.1. The van der Waals surface area contributed by atoms with Gasteiger partial charge in [-0.1, -0.05) is 28.1 Å². The number of rotatable bonds is 3. The standard InChI is InChI=1S/C16H16BrN3/c1-11(18-2)13-9-12(17)7-8-15(13)20-10-19-14-5-3-4-6-16(14)20/h3-11,18H,1-2H3. The van der Waals surface area contributed by atoms with Crippen molar-refractivity contribution in [3.63, 3.8) is 0 Å². The topological polar surface area (TPSA) is 29.9 Å². The van der Waals surface area contributed by atoms with E-state index in [4.69, 9.17) is 0 Å². The van der Waals surface area contributed by atoms with Crippen LogP contribution in [0.3, 0.4) is 0 Å². The second kappa shape index (κ2) is 5.38. The summed E-state index contributed by atoms with van der Waals surface area (Å²) in [4.78, 5) is 4.47. The Hall–Kier alpha value is -1.65. The molecule has 0 spiro atoms. The maximum atomic E-state index is 4.47. The molecule has 0 fully saturated rings. The van der Waals surface area contributed by atoms with Crippen LogP contribution in [0.4, 0.5) is 0 Å². The van der Waals surface area contributed by atoms with Gasteiger partial charge in [0.15, 0.2) is 0 Å². The first-order valence-corrected chi connectivity index (χ1v) is 7.39. The Morgan fingerprint density at radius 3 is 2.80 bits per heavy atom. The first-order chi connectivity index (χ1) is 9.70. The molecule has 4 heteroatoms. The third-order valence-corrected chi connectivity index (χ3v) is 4.10. The highest BCUT2D eigenvalue weighted by atomic mass is 79.9. The first-order valence-electron chi connectivity index (χ1n) is 6.60. The molecular formula is C16H16BrN3. The molecule has 0 saturated heterocycles. The van der Waals surface area contributed by atoms with E-state index < -0.39 is 0 Å². The van der Waals surface area contributed by atoms with E-state index in [0.29, 0.717) is 0 Å². The van der Waals surface area contributed by atoms with Crippen LogP contribution in [-0.4, -0.2) is 16.6 Å². The highest BCUT2D eigenvalue weighted by Crippen LogP contribution is 2.28. The van der Waals surface area contributed by atoms with Gasteiger partial charge in [0.2, 0.25) is 0 Å². The lowest BCUT2D eigenvalue weighted by molar-refractivity contribution is 0.648. The molecule has 0 aliphatic carbocycles.